The Kier molecular flexibility index (Phi) is 9.00. The number of Topliss-reactive ketones (excluding diaryl/α,β-unsaturated/α-hetero) is 1. The van der Waals surface area contributed by atoms with Crippen LogP contribution in [0, 0.1) is 10.1 Å². The minimum absolute atomic E-state index is 0.0397. The van der Waals surface area contributed by atoms with Gasteiger partial charge in [0, 0.05) is 24.4 Å². The minimum Gasteiger partial charge on any atom is -0.481 e. The van der Waals surface area contributed by atoms with Gasteiger partial charge in [0.1, 0.15) is 5.54 Å². The Morgan fingerprint density at radius 3 is 1.98 bits per heavy atom. The molecule has 3 aromatic rings. The summed E-state index contributed by atoms with van der Waals surface area (Å²) < 4.78 is 0. The lowest BCUT2D eigenvalue weighted by Crippen LogP contribution is -2.74. The summed E-state index contributed by atoms with van der Waals surface area (Å²) in [6.07, 6.45) is -0.974. The van der Waals surface area contributed by atoms with Crippen LogP contribution in [0.2, 0.25) is 0 Å². The van der Waals surface area contributed by atoms with Crippen LogP contribution in [0.4, 0.5) is 16.2 Å². The molecule has 1 saturated heterocycles. The highest BCUT2D eigenvalue weighted by atomic mass is 16.6. The number of nitro benzene ring substituents is 1. The van der Waals surface area contributed by atoms with Gasteiger partial charge in [-0.1, -0.05) is 48.5 Å². The molecule has 3 atom stereocenters. The molecule has 1 heterocycles. The van der Waals surface area contributed by atoms with Crippen LogP contribution < -0.4 is 10.6 Å². The summed E-state index contributed by atoms with van der Waals surface area (Å²) in [6, 6.07) is 16.5. The Bertz CT molecular complexity index is 1700. The number of para-hydroxylation sites is 1. The number of nitro groups is 1. The maximum absolute atomic E-state index is 14.7. The fourth-order valence-electron chi connectivity index (χ4n) is 5.44. The molecular weight excluding hydrogens is 602 g/mol. The van der Waals surface area contributed by atoms with E-state index < -0.39 is 64.2 Å². The molecule has 15 heteroatoms. The van der Waals surface area contributed by atoms with Crippen molar-refractivity contribution in [3.8, 4) is 0 Å². The van der Waals surface area contributed by atoms with Crippen molar-refractivity contribution < 1.29 is 43.9 Å². The molecule has 1 fully saturated rings. The molecule has 46 heavy (non-hydrogen) atoms. The smallest absolute Gasteiger partial charge is 0.360 e. The van der Waals surface area contributed by atoms with Gasteiger partial charge in [-0.25, -0.2) is 14.5 Å². The first-order valence-electron chi connectivity index (χ1n) is 13.7. The van der Waals surface area contributed by atoms with Crippen molar-refractivity contribution in [3.63, 3.8) is 0 Å². The Balaban J connectivity index is 2.03. The highest BCUT2D eigenvalue weighted by molar-refractivity contribution is 6.24. The first-order valence-corrected chi connectivity index (χ1v) is 13.7. The average molecular weight is 632 g/mol. The zero-order valence-corrected chi connectivity index (χ0v) is 24.6. The third-order valence-electron chi connectivity index (χ3n) is 7.79. The second-order valence-corrected chi connectivity index (χ2v) is 10.6. The van der Waals surface area contributed by atoms with Crippen LogP contribution >= 0.6 is 0 Å². The van der Waals surface area contributed by atoms with Crippen LogP contribution in [0.15, 0.2) is 84.9 Å². The van der Waals surface area contributed by atoms with Crippen LogP contribution in [-0.2, 0) is 36.1 Å². The number of aliphatic carboxylic acids is 2. The number of carboxylic acid groups (broad SMARTS) is 2. The summed E-state index contributed by atoms with van der Waals surface area (Å²) in [5, 5.41) is 31.5. The van der Waals surface area contributed by atoms with E-state index in [0.29, 0.717) is 10.5 Å². The van der Waals surface area contributed by atoms with Gasteiger partial charge in [0.25, 0.3) is 17.3 Å². The van der Waals surface area contributed by atoms with Gasteiger partial charge in [-0.05, 0) is 49.2 Å². The molecule has 0 bridgehead atoms. The quantitative estimate of drug-likeness (QED) is 0.114. The molecule has 3 aromatic carbocycles. The molecule has 0 aromatic heterocycles. The first kappa shape index (κ1) is 32.9. The fourth-order valence-corrected chi connectivity index (χ4v) is 5.44. The molecule has 0 saturated carbocycles. The lowest BCUT2D eigenvalue weighted by atomic mass is 9.88. The molecule has 0 unspecified atom stereocenters. The van der Waals surface area contributed by atoms with Gasteiger partial charge in [-0.2, -0.15) is 0 Å². The second kappa shape index (κ2) is 12.6. The third-order valence-corrected chi connectivity index (χ3v) is 7.79. The van der Waals surface area contributed by atoms with Crippen LogP contribution in [-0.4, -0.2) is 72.2 Å². The highest BCUT2D eigenvalue weighted by Gasteiger charge is 2.69. The van der Waals surface area contributed by atoms with Crippen molar-refractivity contribution in [3.05, 3.63) is 106 Å². The lowest BCUT2D eigenvalue weighted by molar-refractivity contribution is -0.384. The summed E-state index contributed by atoms with van der Waals surface area (Å²) in [4.78, 5) is 93.9. The average Bonchev–Trinajstić information content (AvgIpc) is 3.20. The highest BCUT2D eigenvalue weighted by Crippen LogP contribution is 2.44. The topological polar surface area (TPSA) is 222 Å². The number of hydrogen-bond acceptors (Lipinski definition) is 9. The van der Waals surface area contributed by atoms with Gasteiger partial charge in [0.2, 0.25) is 5.91 Å². The number of nitrogens with two attached hydrogens (primary N) is 1. The minimum atomic E-state index is -3.39. The maximum atomic E-state index is 14.7. The Morgan fingerprint density at radius 2 is 1.50 bits per heavy atom. The van der Waals surface area contributed by atoms with Gasteiger partial charge >= 0.3 is 18.0 Å². The van der Waals surface area contributed by atoms with Crippen molar-refractivity contribution in [2.24, 2.45) is 5.73 Å². The second-order valence-electron chi connectivity index (χ2n) is 10.6. The number of anilines is 1. The molecule has 1 aliphatic heterocycles. The van der Waals surface area contributed by atoms with Crippen LogP contribution in [0.5, 0.6) is 0 Å². The monoisotopic (exact) mass is 631 g/mol. The molecule has 0 radical (unpaired) electrons. The van der Waals surface area contributed by atoms with Crippen LogP contribution in [0.25, 0.3) is 0 Å². The molecule has 1 aliphatic rings. The van der Waals surface area contributed by atoms with Crippen LogP contribution in [0.1, 0.15) is 31.4 Å². The molecule has 15 nitrogen and oxygen atoms in total. The van der Waals surface area contributed by atoms with E-state index in [1.165, 1.54) is 49.4 Å². The van der Waals surface area contributed by atoms with E-state index in [2.05, 4.69) is 0 Å². The number of urea groups is 1. The number of rotatable bonds is 12. The number of benzene rings is 3. The fraction of sp³-hybridized carbons (Fsp3) is 0.226. The number of amides is 4. The van der Waals surface area contributed by atoms with E-state index in [-0.39, 0.29) is 28.4 Å². The van der Waals surface area contributed by atoms with E-state index in [0.717, 1.165) is 24.0 Å². The third kappa shape index (κ3) is 5.43. The molecular formula is C31H29N5O10. The number of ketones is 1. The van der Waals surface area contributed by atoms with E-state index in [1.807, 2.05) is 0 Å². The van der Waals surface area contributed by atoms with Gasteiger partial charge in [-0.3, -0.25) is 34.2 Å². The SMILES string of the molecule is CC(=O)[C@@](C(=O)O)(N1C(=O)N(Cc2ccccc2)[C@](C)(c2ccc([N+](=O)[O-])cc2)C1=O)N(C(=O)[C@@H](N)CC(=O)O)c1ccccc1. The predicted octanol–water partition coefficient (Wildman–Crippen LogP) is 2.48. The zero-order chi connectivity index (χ0) is 34.0. The number of imide groups is 1. The van der Waals surface area contributed by atoms with Crippen molar-refractivity contribution in [2.45, 2.75) is 44.1 Å². The number of non-ortho nitro benzene ring substituents is 1. The number of carbonyl (C=O) groups is 6. The molecule has 0 aliphatic carbocycles. The zero-order valence-electron chi connectivity index (χ0n) is 24.6. The van der Waals surface area contributed by atoms with Gasteiger partial charge in [-0.15, -0.1) is 0 Å². The number of carboxylic acids is 2. The predicted molar refractivity (Wildman–Crippen MR) is 160 cm³/mol. The molecule has 4 amide bonds. The lowest BCUT2D eigenvalue weighted by Gasteiger charge is -2.43. The van der Waals surface area contributed by atoms with Gasteiger partial charge in [0.05, 0.1) is 17.4 Å². The molecule has 238 valence electrons. The van der Waals surface area contributed by atoms with E-state index in [1.54, 1.807) is 30.3 Å². The number of carbonyl (C=O) groups excluding carboxylic acids is 4. The summed E-state index contributed by atoms with van der Waals surface area (Å²) in [5.41, 5.74) is 0.390. The number of hydrogen-bond donors (Lipinski definition) is 3. The largest absolute Gasteiger partial charge is 0.481 e. The van der Waals surface area contributed by atoms with Crippen molar-refractivity contribution >= 4 is 46.9 Å². The van der Waals surface area contributed by atoms with E-state index in [4.69, 9.17) is 5.73 Å². The molecule has 4 N–H and O–H groups in total. The van der Waals surface area contributed by atoms with E-state index in [9.17, 15) is 49.1 Å². The number of nitrogens with zero attached hydrogens (tertiary/aromatic N) is 4. The normalized spacial score (nSPS) is 18.1. The maximum Gasteiger partial charge on any atom is 0.360 e. The summed E-state index contributed by atoms with van der Waals surface area (Å²) in [6.45, 7) is 1.76. The van der Waals surface area contributed by atoms with Crippen molar-refractivity contribution in [1.29, 1.82) is 0 Å². The standard InChI is InChI=1S/C31H29N5O10/c1-19(37)31(28(42)43,34(22-11-7-4-8-12-22)26(40)24(32)17-25(38)39)35-27(41)30(2,21-13-15-23(16-14-21)36(45)46)33(29(35)44)18-20-9-5-3-6-10-20/h3-16,24H,17-18,32H2,1-2H3,(H,38,39)(H,42,43)/t24-,30+,31-/m0/s1. The van der Waals surface area contributed by atoms with Crippen molar-refractivity contribution in [2.75, 3.05) is 4.90 Å². The van der Waals surface area contributed by atoms with Gasteiger partial charge in [0.15, 0.2) is 5.78 Å². The van der Waals surface area contributed by atoms with Crippen molar-refractivity contribution in [1.82, 2.24) is 9.80 Å². The van der Waals surface area contributed by atoms with Gasteiger partial charge < -0.3 is 20.8 Å². The molecule has 4 rings (SSSR count). The Labute approximate surface area is 261 Å². The van der Waals surface area contributed by atoms with E-state index >= 15 is 0 Å². The first-order chi connectivity index (χ1) is 21.7. The Hall–Kier alpha value is -5.96. The van der Waals surface area contributed by atoms with Crippen LogP contribution in [0.3, 0.4) is 0 Å². The molecule has 0 spiro atoms. The Morgan fingerprint density at radius 1 is 0.957 bits per heavy atom. The summed E-state index contributed by atoms with van der Waals surface area (Å²) in [7, 11) is 0. The summed E-state index contributed by atoms with van der Waals surface area (Å²) in [5.74, 6) is -7.58. The summed E-state index contributed by atoms with van der Waals surface area (Å²) >= 11 is 0.